The maximum atomic E-state index is 15.4. The molecule has 1 aromatic carbocycles. The van der Waals surface area contributed by atoms with E-state index in [9.17, 15) is 4.79 Å². The Kier molecular flexibility index (Phi) is 7.29. The number of ether oxygens (including phenoxy) is 2. The zero-order valence-corrected chi connectivity index (χ0v) is 24.9. The molecule has 216 valence electrons. The van der Waals surface area contributed by atoms with E-state index in [1.54, 1.807) is 46.0 Å². The number of pyridine rings is 1. The zero-order chi connectivity index (χ0) is 29.4. The maximum absolute atomic E-state index is 15.4. The molecule has 5 aromatic rings. The molecule has 6 rings (SSSR count). The van der Waals surface area contributed by atoms with E-state index in [-0.39, 0.29) is 30.8 Å². The van der Waals surface area contributed by atoms with E-state index >= 15 is 4.39 Å². The quantitative estimate of drug-likeness (QED) is 0.164. The van der Waals surface area contributed by atoms with E-state index in [0.717, 1.165) is 17.3 Å². The Morgan fingerprint density at radius 2 is 1.95 bits per heavy atom. The highest BCUT2D eigenvalue weighted by molar-refractivity contribution is 6.76. The van der Waals surface area contributed by atoms with E-state index in [2.05, 4.69) is 39.8 Å². The van der Waals surface area contributed by atoms with Crippen molar-refractivity contribution < 1.29 is 18.7 Å². The maximum Gasteiger partial charge on any atom is 0.416 e. The Morgan fingerprint density at radius 1 is 1.10 bits per heavy atom. The molecule has 1 aliphatic heterocycles. The second-order valence-electron chi connectivity index (χ2n) is 11.5. The van der Waals surface area contributed by atoms with Crippen molar-refractivity contribution in [1.82, 2.24) is 34.3 Å². The van der Waals surface area contributed by atoms with Crippen molar-refractivity contribution in [1.29, 1.82) is 0 Å². The van der Waals surface area contributed by atoms with Crippen molar-refractivity contribution in [2.75, 3.05) is 18.1 Å². The van der Waals surface area contributed by atoms with Crippen LogP contribution in [0.2, 0.25) is 25.7 Å². The van der Waals surface area contributed by atoms with Crippen LogP contribution in [0, 0.1) is 12.7 Å². The third kappa shape index (κ3) is 5.65. The van der Waals surface area contributed by atoms with Gasteiger partial charge in [-0.15, -0.1) is 5.10 Å². The van der Waals surface area contributed by atoms with Crippen LogP contribution in [0.15, 0.2) is 61.3 Å². The second-order valence-corrected chi connectivity index (χ2v) is 17.1. The largest absolute Gasteiger partial charge is 0.447 e. The van der Waals surface area contributed by atoms with Gasteiger partial charge in [-0.3, -0.25) is 9.88 Å². The van der Waals surface area contributed by atoms with E-state index in [1.807, 2.05) is 19.1 Å². The summed E-state index contributed by atoms with van der Waals surface area (Å²) >= 11 is 0. The van der Waals surface area contributed by atoms with Gasteiger partial charge >= 0.3 is 6.09 Å². The molecule has 0 spiro atoms. The van der Waals surface area contributed by atoms with Crippen molar-refractivity contribution >= 4 is 25.6 Å². The molecule has 1 aliphatic rings. The number of aryl methyl sites for hydroxylation is 1. The number of carbonyl (C=O) groups excluding carboxylic acids is 1. The Morgan fingerprint density at radius 3 is 2.71 bits per heavy atom. The van der Waals surface area contributed by atoms with Crippen molar-refractivity contribution in [2.24, 2.45) is 0 Å². The van der Waals surface area contributed by atoms with E-state index in [0.29, 0.717) is 29.2 Å². The molecule has 42 heavy (non-hydrogen) atoms. The standard InChI is InChI=1S/C29H31FN8O3Si/c1-19-5-6-21(14-31-19)25-16-41-29(39)38(25)26-9-10-37-28(34-26)23(15-33-37)20-7-8-22(24(30)13-20)27-32-17-36(35-27)18-40-11-12-42(2,3)4/h5-10,13-15,17,25H,11-12,16,18H2,1-4H3/t25-/m1/s1. The number of hydrogen-bond acceptors (Lipinski definition) is 8. The van der Waals surface area contributed by atoms with Crippen LogP contribution in [0.3, 0.4) is 0 Å². The first kappa shape index (κ1) is 27.7. The number of hydrogen-bond donors (Lipinski definition) is 0. The molecule has 5 heterocycles. The summed E-state index contributed by atoms with van der Waals surface area (Å²) in [6.07, 6.45) is 6.11. The van der Waals surface area contributed by atoms with Gasteiger partial charge < -0.3 is 9.47 Å². The van der Waals surface area contributed by atoms with Crippen molar-refractivity contribution in [3.05, 3.63) is 78.4 Å². The number of carbonyl (C=O) groups is 1. The van der Waals surface area contributed by atoms with Gasteiger partial charge in [0.05, 0.1) is 11.8 Å². The Hall–Kier alpha value is -4.49. The van der Waals surface area contributed by atoms with Gasteiger partial charge in [-0.25, -0.2) is 28.4 Å². The summed E-state index contributed by atoms with van der Waals surface area (Å²) in [6.45, 7) is 9.89. The molecule has 1 fully saturated rings. The van der Waals surface area contributed by atoms with Crippen LogP contribution >= 0.6 is 0 Å². The highest BCUT2D eigenvalue weighted by Crippen LogP contribution is 2.34. The lowest BCUT2D eigenvalue weighted by Gasteiger charge is -2.20. The summed E-state index contributed by atoms with van der Waals surface area (Å²) in [5.41, 5.74) is 3.65. The fraction of sp³-hybridized carbons (Fsp3) is 0.310. The SMILES string of the molecule is Cc1ccc([C@H]2COC(=O)N2c2ccn3ncc(-c4ccc(-c5ncn(COCC[Si](C)(C)C)n5)c(F)c4)c3n2)cn1. The van der Waals surface area contributed by atoms with E-state index in [1.165, 1.54) is 17.3 Å². The number of cyclic esters (lactones) is 1. The van der Waals surface area contributed by atoms with Gasteiger partial charge in [0.15, 0.2) is 11.5 Å². The highest BCUT2D eigenvalue weighted by atomic mass is 28.3. The third-order valence-corrected chi connectivity index (χ3v) is 8.77. The van der Waals surface area contributed by atoms with Gasteiger partial charge in [0.25, 0.3) is 0 Å². The molecule has 0 unspecified atom stereocenters. The van der Waals surface area contributed by atoms with Gasteiger partial charge in [-0.1, -0.05) is 31.8 Å². The number of amides is 1. The van der Waals surface area contributed by atoms with Crippen LogP contribution in [-0.4, -0.2) is 61.7 Å². The lowest BCUT2D eigenvalue weighted by Crippen LogP contribution is -2.28. The predicted molar refractivity (Wildman–Crippen MR) is 157 cm³/mol. The summed E-state index contributed by atoms with van der Waals surface area (Å²) in [5, 5.41) is 8.77. The fourth-order valence-electron chi connectivity index (χ4n) is 4.67. The number of nitrogens with zero attached hydrogens (tertiary/aromatic N) is 8. The van der Waals surface area contributed by atoms with Gasteiger partial charge in [0, 0.05) is 38.3 Å². The Balaban J connectivity index is 1.24. The normalized spacial score (nSPS) is 15.5. The summed E-state index contributed by atoms with van der Waals surface area (Å²) in [7, 11) is -1.18. The molecule has 1 amide bonds. The molecule has 0 bridgehead atoms. The van der Waals surface area contributed by atoms with Gasteiger partial charge in [0.2, 0.25) is 0 Å². The zero-order valence-electron chi connectivity index (χ0n) is 23.9. The molecule has 0 radical (unpaired) electrons. The third-order valence-electron chi connectivity index (χ3n) is 7.07. The van der Waals surface area contributed by atoms with Crippen molar-refractivity contribution in [3.63, 3.8) is 0 Å². The fourth-order valence-corrected chi connectivity index (χ4v) is 5.43. The average molecular weight is 587 g/mol. The minimum Gasteiger partial charge on any atom is -0.447 e. The lowest BCUT2D eigenvalue weighted by atomic mass is 10.1. The molecule has 13 heteroatoms. The van der Waals surface area contributed by atoms with Crippen molar-refractivity contribution in [2.45, 2.75) is 45.4 Å². The number of benzene rings is 1. The van der Waals surface area contributed by atoms with E-state index in [4.69, 9.17) is 14.5 Å². The van der Waals surface area contributed by atoms with E-state index < -0.39 is 20.0 Å². The molecule has 11 nitrogen and oxygen atoms in total. The molecular weight excluding hydrogens is 555 g/mol. The first-order chi connectivity index (χ1) is 20.2. The van der Waals surface area contributed by atoms with Gasteiger partial charge in [0.1, 0.15) is 37.3 Å². The smallest absolute Gasteiger partial charge is 0.416 e. The van der Waals surface area contributed by atoms with Crippen LogP contribution < -0.4 is 4.90 Å². The topological polar surface area (TPSA) is 113 Å². The minimum atomic E-state index is -1.18. The number of aromatic nitrogens is 7. The molecule has 1 saturated heterocycles. The number of rotatable bonds is 9. The van der Waals surface area contributed by atoms with Crippen LogP contribution in [0.4, 0.5) is 15.0 Å². The Labute approximate surface area is 243 Å². The van der Waals surface area contributed by atoms with Gasteiger partial charge in [-0.05, 0) is 48.4 Å². The number of fused-ring (bicyclic) bond motifs is 1. The average Bonchev–Trinajstić information content (AvgIpc) is 3.69. The summed E-state index contributed by atoms with van der Waals surface area (Å²) in [5.74, 6) is 0.198. The first-order valence-corrected chi connectivity index (χ1v) is 17.4. The van der Waals surface area contributed by atoms with Crippen LogP contribution in [-0.2, 0) is 16.2 Å². The molecule has 0 saturated carbocycles. The summed E-state index contributed by atoms with van der Waals surface area (Å²) < 4.78 is 29.6. The van der Waals surface area contributed by atoms with Crippen LogP contribution in [0.1, 0.15) is 17.3 Å². The molecule has 0 aliphatic carbocycles. The first-order valence-electron chi connectivity index (χ1n) is 13.7. The number of anilines is 1. The van der Waals surface area contributed by atoms with Crippen LogP contribution in [0.5, 0.6) is 0 Å². The molecular formula is C29H31FN8O3Si. The van der Waals surface area contributed by atoms with Crippen molar-refractivity contribution in [3.8, 4) is 22.5 Å². The molecule has 0 N–H and O–H groups in total. The minimum absolute atomic E-state index is 0.184. The lowest BCUT2D eigenvalue weighted by molar-refractivity contribution is 0.0784. The number of halogens is 1. The second kappa shape index (κ2) is 11.1. The Bertz CT molecular complexity index is 1750. The highest BCUT2D eigenvalue weighted by Gasteiger charge is 2.36. The predicted octanol–water partition coefficient (Wildman–Crippen LogP) is 5.51. The molecule has 4 aromatic heterocycles. The monoisotopic (exact) mass is 586 g/mol. The summed E-state index contributed by atoms with van der Waals surface area (Å²) in [6, 6.07) is 11.0. The van der Waals surface area contributed by atoms with Crippen LogP contribution in [0.25, 0.3) is 28.2 Å². The molecule has 1 atom stereocenters. The summed E-state index contributed by atoms with van der Waals surface area (Å²) in [4.78, 5) is 27.6. The van der Waals surface area contributed by atoms with Gasteiger partial charge in [-0.2, -0.15) is 5.10 Å².